The molecule has 7 nitrogen and oxygen atoms in total. The zero-order valence-corrected chi connectivity index (χ0v) is 13.3. The van der Waals surface area contributed by atoms with Crippen molar-refractivity contribution in [1.29, 1.82) is 0 Å². The fourth-order valence-corrected chi connectivity index (χ4v) is 3.04. The minimum Gasteiger partial charge on any atom is -0.478 e. The molecule has 0 saturated heterocycles. The summed E-state index contributed by atoms with van der Waals surface area (Å²) >= 11 is 0. The van der Waals surface area contributed by atoms with Crippen LogP contribution in [0.15, 0.2) is 24.3 Å². The summed E-state index contributed by atoms with van der Waals surface area (Å²) in [4.78, 5) is 35.9. The van der Waals surface area contributed by atoms with Crippen molar-refractivity contribution in [3.8, 4) is 5.75 Å². The molecule has 128 valence electrons. The zero-order valence-electron chi connectivity index (χ0n) is 13.3. The minimum atomic E-state index is -0.911. The molecule has 2 aliphatic rings. The van der Waals surface area contributed by atoms with Gasteiger partial charge in [0.2, 0.25) is 11.8 Å². The van der Waals surface area contributed by atoms with Crippen molar-refractivity contribution in [2.24, 2.45) is 5.92 Å². The van der Waals surface area contributed by atoms with E-state index in [2.05, 4.69) is 16.2 Å². The van der Waals surface area contributed by atoms with Crippen LogP contribution < -0.4 is 20.9 Å². The number of hydrogen-bond acceptors (Lipinski definition) is 4. The summed E-state index contributed by atoms with van der Waals surface area (Å²) < 4.78 is 5.55. The van der Waals surface area contributed by atoms with Crippen LogP contribution >= 0.6 is 0 Å². The van der Waals surface area contributed by atoms with Gasteiger partial charge in [0, 0.05) is 5.92 Å². The van der Waals surface area contributed by atoms with Crippen LogP contribution in [-0.4, -0.2) is 23.8 Å². The maximum atomic E-state index is 12.0. The molecule has 7 heteroatoms. The molecule has 1 aromatic rings. The molecule has 1 aliphatic carbocycles. The van der Waals surface area contributed by atoms with E-state index in [4.69, 9.17) is 4.74 Å². The van der Waals surface area contributed by atoms with E-state index < -0.39 is 12.0 Å². The third-order valence-electron chi connectivity index (χ3n) is 4.38. The van der Waals surface area contributed by atoms with Gasteiger partial charge >= 0.3 is 0 Å². The lowest BCUT2D eigenvalue weighted by Crippen LogP contribution is -2.48. The average Bonchev–Trinajstić information content (AvgIpc) is 2.61. The van der Waals surface area contributed by atoms with Gasteiger partial charge in [-0.15, -0.1) is 0 Å². The fourth-order valence-electron chi connectivity index (χ4n) is 3.04. The number of para-hydroxylation sites is 2. The molecule has 0 bridgehead atoms. The number of nitrogens with one attached hydrogen (secondary N) is 3. The van der Waals surface area contributed by atoms with Gasteiger partial charge in [0.25, 0.3) is 5.91 Å². The fraction of sp³-hybridized carbons (Fsp3) is 0.471. The molecular weight excluding hydrogens is 310 g/mol. The Balaban J connectivity index is 1.48. The van der Waals surface area contributed by atoms with Crippen LogP contribution in [0.4, 0.5) is 5.69 Å². The first-order valence-electron chi connectivity index (χ1n) is 8.29. The van der Waals surface area contributed by atoms with Gasteiger partial charge in [-0.2, -0.15) is 0 Å². The number of ether oxygens (including phenoxy) is 1. The Bertz CT molecular complexity index is 640. The maximum Gasteiger partial charge on any atom is 0.266 e. The van der Waals surface area contributed by atoms with Crippen molar-refractivity contribution >= 4 is 23.4 Å². The SMILES string of the molecule is O=C(C[C@@H]1Oc2ccccc2NC1=O)NNC(=O)C1CCCCC1. The Labute approximate surface area is 140 Å². The molecule has 3 N–H and O–H groups in total. The Kier molecular flexibility index (Phi) is 4.98. The van der Waals surface area contributed by atoms with Gasteiger partial charge in [-0.3, -0.25) is 25.2 Å². The minimum absolute atomic E-state index is 0.0415. The molecule has 1 fully saturated rings. The number of hydrogen-bond donors (Lipinski definition) is 3. The number of carbonyl (C=O) groups is 3. The molecule has 3 amide bonds. The van der Waals surface area contributed by atoms with Crippen LogP contribution in [0.25, 0.3) is 0 Å². The highest BCUT2D eigenvalue weighted by atomic mass is 16.5. The first-order chi connectivity index (χ1) is 11.6. The number of hydrazine groups is 1. The van der Waals surface area contributed by atoms with Crippen LogP contribution in [0.2, 0.25) is 0 Å². The number of amides is 3. The van der Waals surface area contributed by atoms with Crippen molar-refractivity contribution in [2.75, 3.05) is 5.32 Å². The summed E-state index contributed by atoms with van der Waals surface area (Å²) in [5.74, 6) is -0.509. The van der Waals surface area contributed by atoms with E-state index in [1.165, 1.54) is 0 Å². The predicted molar refractivity (Wildman–Crippen MR) is 87.0 cm³/mol. The van der Waals surface area contributed by atoms with Crippen LogP contribution in [0.3, 0.4) is 0 Å². The highest BCUT2D eigenvalue weighted by Gasteiger charge is 2.30. The van der Waals surface area contributed by atoms with Crippen LogP contribution in [0, 0.1) is 5.92 Å². The molecule has 1 heterocycles. The van der Waals surface area contributed by atoms with Crippen LogP contribution in [-0.2, 0) is 14.4 Å². The summed E-state index contributed by atoms with van der Waals surface area (Å²) in [6.45, 7) is 0. The van der Waals surface area contributed by atoms with E-state index in [1.54, 1.807) is 24.3 Å². The first kappa shape index (κ1) is 16.3. The van der Waals surface area contributed by atoms with E-state index in [0.717, 1.165) is 32.1 Å². The smallest absolute Gasteiger partial charge is 0.266 e. The molecule has 3 rings (SSSR count). The van der Waals surface area contributed by atoms with Crippen molar-refractivity contribution < 1.29 is 19.1 Å². The Morgan fingerprint density at radius 1 is 1.12 bits per heavy atom. The predicted octanol–water partition coefficient (Wildman–Crippen LogP) is 1.50. The Morgan fingerprint density at radius 3 is 2.67 bits per heavy atom. The lowest BCUT2D eigenvalue weighted by molar-refractivity contribution is -0.134. The molecule has 24 heavy (non-hydrogen) atoms. The standard InChI is InChI=1S/C17H21N3O4/c21-15(19-20-16(22)11-6-2-1-3-7-11)10-14-17(23)18-12-8-4-5-9-13(12)24-14/h4-5,8-9,11,14H,1-3,6-7,10H2,(H,18,23)(H,19,21)(H,20,22)/t14-/m0/s1. The van der Waals surface area contributed by atoms with Gasteiger partial charge in [-0.1, -0.05) is 31.4 Å². The van der Waals surface area contributed by atoms with E-state index in [0.29, 0.717) is 11.4 Å². The second kappa shape index (κ2) is 7.33. The van der Waals surface area contributed by atoms with Gasteiger partial charge in [-0.25, -0.2) is 0 Å². The lowest BCUT2D eigenvalue weighted by Gasteiger charge is -2.25. The monoisotopic (exact) mass is 331 g/mol. The molecule has 0 aromatic heterocycles. The molecule has 0 unspecified atom stereocenters. The number of benzene rings is 1. The number of fused-ring (bicyclic) bond motifs is 1. The second-order valence-electron chi connectivity index (χ2n) is 6.17. The van der Waals surface area contributed by atoms with Gasteiger partial charge < -0.3 is 10.1 Å². The molecule has 1 aromatic carbocycles. The summed E-state index contributed by atoms with van der Waals surface area (Å²) in [5.41, 5.74) is 5.41. The normalized spacial score (nSPS) is 20.3. The molecule has 1 atom stereocenters. The van der Waals surface area contributed by atoms with Crippen molar-refractivity contribution in [3.63, 3.8) is 0 Å². The number of carbonyl (C=O) groups excluding carboxylic acids is 3. The number of rotatable bonds is 3. The summed E-state index contributed by atoms with van der Waals surface area (Å²) in [6, 6.07) is 7.03. The van der Waals surface area contributed by atoms with Gasteiger partial charge in [-0.05, 0) is 25.0 Å². The highest BCUT2D eigenvalue weighted by molar-refractivity contribution is 6.00. The maximum absolute atomic E-state index is 12.0. The van der Waals surface area contributed by atoms with Crippen molar-refractivity contribution in [3.05, 3.63) is 24.3 Å². The average molecular weight is 331 g/mol. The van der Waals surface area contributed by atoms with Gasteiger partial charge in [0.05, 0.1) is 12.1 Å². The third kappa shape index (κ3) is 3.84. The topological polar surface area (TPSA) is 96.5 Å². The molecule has 1 aliphatic heterocycles. The quantitative estimate of drug-likeness (QED) is 0.731. The summed E-state index contributed by atoms with van der Waals surface area (Å²) in [5, 5.41) is 2.70. The van der Waals surface area contributed by atoms with E-state index in [9.17, 15) is 14.4 Å². The Hall–Kier alpha value is -2.57. The van der Waals surface area contributed by atoms with Crippen LogP contribution in [0.5, 0.6) is 5.75 Å². The third-order valence-corrected chi connectivity index (χ3v) is 4.38. The second-order valence-corrected chi connectivity index (χ2v) is 6.17. The largest absolute Gasteiger partial charge is 0.478 e. The van der Waals surface area contributed by atoms with Crippen molar-refractivity contribution in [1.82, 2.24) is 10.9 Å². The Morgan fingerprint density at radius 2 is 1.88 bits per heavy atom. The van der Waals surface area contributed by atoms with E-state index in [1.807, 2.05) is 0 Å². The lowest BCUT2D eigenvalue weighted by atomic mass is 9.89. The van der Waals surface area contributed by atoms with E-state index >= 15 is 0 Å². The molecule has 0 spiro atoms. The van der Waals surface area contributed by atoms with Crippen LogP contribution in [0.1, 0.15) is 38.5 Å². The molecular formula is C17H21N3O4. The molecule has 0 radical (unpaired) electrons. The summed E-state index contributed by atoms with van der Waals surface area (Å²) in [7, 11) is 0. The van der Waals surface area contributed by atoms with Gasteiger partial charge in [0.15, 0.2) is 6.10 Å². The zero-order chi connectivity index (χ0) is 16.9. The first-order valence-corrected chi connectivity index (χ1v) is 8.29. The highest BCUT2D eigenvalue weighted by Crippen LogP contribution is 2.29. The molecule has 1 saturated carbocycles. The van der Waals surface area contributed by atoms with Gasteiger partial charge in [0.1, 0.15) is 5.75 Å². The van der Waals surface area contributed by atoms with E-state index in [-0.39, 0.29) is 24.2 Å². The summed E-state index contributed by atoms with van der Waals surface area (Å²) in [6.07, 6.45) is 3.88. The van der Waals surface area contributed by atoms with Crippen molar-refractivity contribution in [2.45, 2.75) is 44.6 Å². The number of anilines is 1.